The van der Waals surface area contributed by atoms with E-state index in [1.54, 1.807) is 48.5 Å². The van der Waals surface area contributed by atoms with Crippen molar-refractivity contribution in [3.63, 3.8) is 0 Å². The molecule has 4 aromatic rings. The van der Waals surface area contributed by atoms with Crippen LogP contribution in [0.15, 0.2) is 96.4 Å². The lowest BCUT2D eigenvalue weighted by molar-refractivity contribution is -0.142. The van der Waals surface area contributed by atoms with Crippen LogP contribution in [0.1, 0.15) is 28.8 Å². The van der Waals surface area contributed by atoms with Crippen molar-refractivity contribution >= 4 is 52.5 Å². The fourth-order valence-corrected chi connectivity index (χ4v) is 6.39. The monoisotopic (exact) mass is 725 g/mol. The molecular formula is C38H39N5O8S. The summed E-state index contributed by atoms with van der Waals surface area (Å²) < 4.78 is 0. The standard InChI is InChI=1S/C38H39N5O8S/c44-22-32-37(49)42-31(38(50)51)20-24-10-14-27(15-11-24)39-33(45)16-17-34(46)40-30(21-28-7-4-18-52-28)36(48)41-29(35(47)43-32)19-23-8-12-26(13-9-23)25-5-2-1-3-6-25/h1-15,18,29-32,44H,16-17,19-22H2,(H,39,45)(H,40,46)(H,41,48)(H,42,49)(H,43,47)(H,50,51)/t29-,30+,31+,32-/m0/s1. The zero-order chi connectivity index (χ0) is 37.0. The highest BCUT2D eigenvalue weighted by molar-refractivity contribution is 7.09. The first-order chi connectivity index (χ1) is 25.1. The van der Waals surface area contributed by atoms with Crippen LogP contribution >= 0.6 is 11.3 Å². The lowest BCUT2D eigenvalue weighted by Crippen LogP contribution is -2.59. The van der Waals surface area contributed by atoms with E-state index in [4.69, 9.17) is 0 Å². The first-order valence-corrected chi connectivity index (χ1v) is 17.6. The van der Waals surface area contributed by atoms with Crippen molar-refractivity contribution in [2.45, 2.75) is 56.3 Å². The van der Waals surface area contributed by atoms with E-state index in [1.165, 1.54) is 11.3 Å². The van der Waals surface area contributed by atoms with E-state index in [2.05, 4.69) is 26.6 Å². The van der Waals surface area contributed by atoms with Gasteiger partial charge in [-0.05, 0) is 45.8 Å². The molecule has 6 rings (SSSR count). The molecule has 52 heavy (non-hydrogen) atoms. The van der Waals surface area contributed by atoms with Crippen LogP contribution in [-0.4, -0.2) is 76.5 Å². The number of aliphatic hydroxyl groups excluding tert-OH is 1. The summed E-state index contributed by atoms with van der Waals surface area (Å²) in [5.41, 5.74) is 3.51. The molecule has 0 saturated carbocycles. The number of carboxylic acid groups (broad SMARTS) is 1. The van der Waals surface area contributed by atoms with Crippen LogP contribution in [0.25, 0.3) is 11.1 Å². The number of benzene rings is 3. The maximum atomic E-state index is 13.9. The summed E-state index contributed by atoms with van der Waals surface area (Å²) in [5.74, 6) is -4.80. The zero-order valence-corrected chi connectivity index (χ0v) is 28.9. The first-order valence-electron chi connectivity index (χ1n) is 16.7. The Bertz CT molecular complexity index is 1870. The van der Waals surface area contributed by atoms with Gasteiger partial charge in [0.15, 0.2) is 0 Å². The van der Waals surface area contributed by atoms with E-state index in [-0.39, 0.29) is 32.1 Å². The number of hydrogen-bond acceptors (Lipinski definition) is 8. The highest BCUT2D eigenvalue weighted by Gasteiger charge is 2.32. The lowest BCUT2D eigenvalue weighted by Gasteiger charge is -2.25. The van der Waals surface area contributed by atoms with E-state index in [0.717, 1.165) is 16.0 Å². The van der Waals surface area contributed by atoms with Crippen LogP contribution in [0.5, 0.6) is 0 Å². The molecule has 2 bridgehead atoms. The van der Waals surface area contributed by atoms with Crippen LogP contribution in [-0.2, 0) is 48.0 Å². The fourth-order valence-electron chi connectivity index (χ4n) is 5.64. The summed E-state index contributed by atoms with van der Waals surface area (Å²) in [6, 6.07) is 21.5. The molecule has 2 aliphatic rings. The Morgan fingerprint density at radius 2 is 1.27 bits per heavy atom. The topological polar surface area (TPSA) is 203 Å². The molecule has 13 nitrogen and oxygen atoms in total. The number of anilines is 1. The van der Waals surface area contributed by atoms with Gasteiger partial charge in [0.25, 0.3) is 0 Å². The van der Waals surface area contributed by atoms with Gasteiger partial charge in [-0.25, -0.2) is 4.79 Å². The zero-order valence-electron chi connectivity index (χ0n) is 28.0. The molecule has 3 aromatic carbocycles. The van der Waals surface area contributed by atoms with Gasteiger partial charge >= 0.3 is 5.97 Å². The maximum Gasteiger partial charge on any atom is 0.326 e. The molecule has 0 saturated heterocycles. The second-order valence-corrected chi connectivity index (χ2v) is 13.4. The summed E-state index contributed by atoms with van der Waals surface area (Å²) in [7, 11) is 0. The average molecular weight is 726 g/mol. The molecule has 0 unspecified atom stereocenters. The van der Waals surface area contributed by atoms with Gasteiger partial charge in [-0.2, -0.15) is 0 Å². The Morgan fingerprint density at radius 3 is 1.90 bits per heavy atom. The van der Waals surface area contributed by atoms with E-state index in [0.29, 0.717) is 16.8 Å². The largest absolute Gasteiger partial charge is 0.480 e. The fraction of sp³-hybridized carbons (Fsp3) is 0.263. The van der Waals surface area contributed by atoms with Gasteiger partial charge in [-0.1, -0.05) is 72.8 Å². The number of rotatable bonds is 7. The number of amides is 5. The van der Waals surface area contributed by atoms with Gasteiger partial charge in [0.05, 0.1) is 6.61 Å². The van der Waals surface area contributed by atoms with Crippen LogP contribution < -0.4 is 26.6 Å². The molecule has 270 valence electrons. The Kier molecular flexibility index (Phi) is 12.9. The third-order valence-corrected chi connectivity index (χ3v) is 9.36. The number of carbonyl (C=O) groups excluding carboxylic acids is 5. The van der Waals surface area contributed by atoms with E-state index >= 15 is 0 Å². The molecule has 0 fully saturated rings. The van der Waals surface area contributed by atoms with Crippen molar-refractivity contribution in [1.82, 2.24) is 21.3 Å². The van der Waals surface area contributed by atoms with Crippen molar-refractivity contribution < 1.29 is 39.0 Å². The molecule has 0 aliphatic carbocycles. The molecule has 4 atom stereocenters. The molecule has 1 aromatic heterocycles. The van der Waals surface area contributed by atoms with E-state index in [9.17, 15) is 39.0 Å². The smallest absolute Gasteiger partial charge is 0.326 e. The number of thiophene rings is 1. The quantitative estimate of drug-likeness (QED) is 0.141. The Hall–Kier alpha value is -5.86. The Balaban J connectivity index is 1.44. The van der Waals surface area contributed by atoms with Crippen LogP contribution in [0.4, 0.5) is 5.69 Å². The van der Waals surface area contributed by atoms with Crippen molar-refractivity contribution in [2.75, 3.05) is 11.9 Å². The summed E-state index contributed by atoms with van der Waals surface area (Å²) in [5, 5.41) is 34.8. The van der Waals surface area contributed by atoms with E-state index in [1.807, 2.05) is 47.8 Å². The number of carbonyl (C=O) groups is 6. The molecule has 3 heterocycles. The van der Waals surface area contributed by atoms with Gasteiger partial charge in [-0.15, -0.1) is 11.3 Å². The lowest BCUT2D eigenvalue weighted by atomic mass is 9.99. The molecule has 5 amide bonds. The molecular weight excluding hydrogens is 687 g/mol. The number of aliphatic carboxylic acids is 1. The number of fused-ring (bicyclic) bond motifs is 18. The van der Waals surface area contributed by atoms with E-state index < -0.39 is 66.3 Å². The van der Waals surface area contributed by atoms with Gasteiger partial charge in [0.1, 0.15) is 24.2 Å². The number of hydrogen-bond donors (Lipinski definition) is 7. The second kappa shape index (κ2) is 17.9. The highest BCUT2D eigenvalue weighted by Crippen LogP contribution is 2.20. The third kappa shape index (κ3) is 10.6. The third-order valence-electron chi connectivity index (χ3n) is 8.46. The summed E-state index contributed by atoms with van der Waals surface area (Å²) >= 11 is 1.38. The van der Waals surface area contributed by atoms with Crippen LogP contribution in [0.3, 0.4) is 0 Å². The summed E-state index contributed by atoms with van der Waals surface area (Å²) in [6.07, 6.45) is -0.459. The first kappa shape index (κ1) is 37.4. The average Bonchev–Trinajstić information content (AvgIpc) is 3.66. The van der Waals surface area contributed by atoms with Crippen molar-refractivity contribution in [1.29, 1.82) is 0 Å². The van der Waals surface area contributed by atoms with Gasteiger partial charge in [0.2, 0.25) is 29.5 Å². The number of nitrogens with one attached hydrogen (secondary N) is 5. The predicted octanol–water partition coefficient (Wildman–Crippen LogP) is 2.19. The van der Waals surface area contributed by atoms with Crippen molar-refractivity contribution in [3.8, 4) is 11.1 Å². The minimum atomic E-state index is -1.55. The molecule has 7 N–H and O–H groups in total. The second-order valence-electron chi connectivity index (χ2n) is 12.3. The highest BCUT2D eigenvalue weighted by atomic mass is 32.1. The maximum absolute atomic E-state index is 13.9. The van der Waals surface area contributed by atoms with Gasteiger partial charge in [0, 0.05) is 42.7 Å². The molecule has 0 radical (unpaired) electrons. The summed E-state index contributed by atoms with van der Waals surface area (Å²) in [6.45, 7) is -0.859. The van der Waals surface area contributed by atoms with Crippen molar-refractivity contribution in [3.05, 3.63) is 112 Å². The van der Waals surface area contributed by atoms with Crippen molar-refractivity contribution in [2.24, 2.45) is 0 Å². The minimum Gasteiger partial charge on any atom is -0.480 e. The van der Waals surface area contributed by atoms with Crippen LogP contribution in [0.2, 0.25) is 0 Å². The summed E-state index contributed by atoms with van der Waals surface area (Å²) in [4.78, 5) is 79.6. The predicted molar refractivity (Wildman–Crippen MR) is 194 cm³/mol. The molecule has 0 spiro atoms. The normalized spacial score (nSPS) is 20.8. The molecule has 2 aliphatic heterocycles. The van der Waals surface area contributed by atoms with Gasteiger partial charge in [-0.3, -0.25) is 24.0 Å². The number of aliphatic hydroxyl groups is 1. The Morgan fingerprint density at radius 1 is 0.654 bits per heavy atom. The molecule has 14 heteroatoms. The number of carboxylic acids is 1. The Labute approximate surface area is 303 Å². The van der Waals surface area contributed by atoms with Crippen LogP contribution in [0, 0.1) is 0 Å². The van der Waals surface area contributed by atoms with Gasteiger partial charge < -0.3 is 36.8 Å². The SMILES string of the molecule is O=C1CCC(=O)N[C@H](Cc2cccs2)C(=O)N[C@@H](Cc2ccc(-c3ccccc3)cc2)C(=O)N[C@@H](CO)C(=O)N[C@@H](C(=O)O)Cc2ccc(cc2)N1. The minimum absolute atomic E-state index is 0.0280.